The van der Waals surface area contributed by atoms with Gasteiger partial charge in [0, 0.05) is 23.1 Å². The molecule has 0 saturated carbocycles. The minimum Gasteiger partial charge on any atom is -0.337 e. The zero-order valence-electron chi connectivity index (χ0n) is 15.9. The van der Waals surface area contributed by atoms with E-state index in [2.05, 4.69) is 32.6 Å². The third kappa shape index (κ3) is 5.25. The quantitative estimate of drug-likeness (QED) is 0.444. The zero-order chi connectivity index (χ0) is 20.8. The van der Waals surface area contributed by atoms with E-state index in [1.54, 1.807) is 11.0 Å². The second-order valence-corrected chi connectivity index (χ2v) is 7.94. The first kappa shape index (κ1) is 21.5. The summed E-state index contributed by atoms with van der Waals surface area (Å²) in [7, 11) is 0. The monoisotopic (exact) mass is 480 g/mol. The fourth-order valence-electron chi connectivity index (χ4n) is 3.32. The first-order valence-electron chi connectivity index (χ1n) is 9.37. The van der Waals surface area contributed by atoms with Crippen molar-refractivity contribution in [2.75, 3.05) is 25.5 Å². The lowest BCUT2D eigenvalue weighted by Gasteiger charge is -2.34. The second-order valence-electron chi connectivity index (χ2n) is 6.76. The highest BCUT2D eigenvalue weighted by atomic mass is 79.9. The van der Waals surface area contributed by atoms with E-state index in [0.29, 0.717) is 18.3 Å². The van der Waals surface area contributed by atoms with Gasteiger partial charge in [0.25, 0.3) is 0 Å². The number of aromatic nitrogens is 2. The highest BCUT2D eigenvalue weighted by Gasteiger charge is 2.33. The summed E-state index contributed by atoms with van der Waals surface area (Å²) in [6.45, 7) is 4.43. The second kappa shape index (κ2) is 10.0. The topological polar surface area (TPSA) is 79.5 Å². The van der Waals surface area contributed by atoms with Gasteiger partial charge in [0.2, 0.25) is 23.5 Å². The van der Waals surface area contributed by atoms with Gasteiger partial charge in [0.15, 0.2) is 0 Å². The molecular formula is C20H22BrClN4O3. The molecule has 1 aromatic carbocycles. The molecule has 154 valence electrons. The van der Waals surface area contributed by atoms with Crippen LogP contribution < -0.4 is 0 Å². The van der Waals surface area contributed by atoms with Crippen LogP contribution >= 0.6 is 27.5 Å². The smallest absolute Gasteiger partial charge is 0.249 e. The van der Waals surface area contributed by atoms with E-state index in [4.69, 9.17) is 16.1 Å². The Morgan fingerprint density at radius 2 is 2.10 bits per heavy atom. The van der Waals surface area contributed by atoms with Crippen LogP contribution in [0.3, 0.4) is 0 Å². The van der Waals surface area contributed by atoms with Gasteiger partial charge in [-0.1, -0.05) is 27.2 Å². The highest BCUT2D eigenvalue weighted by Crippen LogP contribution is 2.31. The maximum absolute atomic E-state index is 13.0. The summed E-state index contributed by atoms with van der Waals surface area (Å²) in [5.74, 6) is 0.248. The van der Waals surface area contributed by atoms with Crippen molar-refractivity contribution in [1.29, 1.82) is 0 Å². The van der Waals surface area contributed by atoms with Crippen molar-refractivity contribution in [2.45, 2.75) is 25.3 Å². The van der Waals surface area contributed by atoms with Crippen LogP contribution in [0.15, 0.2) is 45.9 Å². The summed E-state index contributed by atoms with van der Waals surface area (Å²) < 4.78 is 6.47. The zero-order valence-corrected chi connectivity index (χ0v) is 18.2. The van der Waals surface area contributed by atoms with E-state index in [-0.39, 0.29) is 36.8 Å². The maximum atomic E-state index is 13.0. The third-order valence-electron chi connectivity index (χ3n) is 4.79. The number of likely N-dealkylation sites (tertiary alicyclic amines) is 1. The van der Waals surface area contributed by atoms with Crippen LogP contribution in [-0.4, -0.2) is 57.3 Å². The van der Waals surface area contributed by atoms with E-state index in [1.165, 1.54) is 4.90 Å². The van der Waals surface area contributed by atoms with E-state index in [9.17, 15) is 9.59 Å². The number of nitrogens with zero attached hydrogens (tertiary/aromatic N) is 4. The molecule has 9 heteroatoms. The minimum atomic E-state index is -0.302. The first-order valence-corrected chi connectivity index (χ1v) is 10.7. The molecule has 0 aliphatic carbocycles. The molecule has 3 rings (SSSR count). The van der Waals surface area contributed by atoms with E-state index >= 15 is 0 Å². The maximum Gasteiger partial charge on any atom is 0.249 e. The molecule has 7 nitrogen and oxygen atoms in total. The molecule has 1 aromatic heterocycles. The van der Waals surface area contributed by atoms with Gasteiger partial charge < -0.3 is 14.3 Å². The lowest BCUT2D eigenvalue weighted by Crippen LogP contribution is -2.46. The number of piperidine rings is 1. The number of rotatable bonds is 7. The molecule has 0 radical (unpaired) electrons. The van der Waals surface area contributed by atoms with Crippen LogP contribution in [0.4, 0.5) is 0 Å². The number of carbonyl (C=O) groups excluding carboxylic acids is 2. The van der Waals surface area contributed by atoms with Crippen molar-refractivity contribution in [3.8, 4) is 11.4 Å². The Morgan fingerprint density at radius 1 is 1.34 bits per heavy atom. The summed E-state index contributed by atoms with van der Waals surface area (Å²) in [4.78, 5) is 32.6. The van der Waals surface area contributed by atoms with E-state index in [0.717, 1.165) is 29.3 Å². The number of carbonyl (C=O) groups is 2. The van der Waals surface area contributed by atoms with Gasteiger partial charge in [-0.3, -0.25) is 9.59 Å². The molecule has 1 aliphatic heterocycles. The van der Waals surface area contributed by atoms with Gasteiger partial charge in [-0.2, -0.15) is 4.98 Å². The van der Waals surface area contributed by atoms with Gasteiger partial charge >= 0.3 is 0 Å². The van der Waals surface area contributed by atoms with Gasteiger partial charge in [-0.25, -0.2) is 0 Å². The first-order chi connectivity index (χ1) is 14.0. The number of alkyl halides is 1. The fourth-order valence-corrected chi connectivity index (χ4v) is 3.76. The summed E-state index contributed by atoms with van der Waals surface area (Å²) >= 11 is 9.07. The molecule has 1 unspecified atom stereocenters. The summed E-state index contributed by atoms with van der Waals surface area (Å²) in [5.41, 5.74) is 0.835. The SMILES string of the molecule is C=CCN(CC(=O)N1CCCCC1c1nc(-c2ccc(Br)cc2)no1)C(=O)CCl. The average Bonchev–Trinajstić information content (AvgIpc) is 3.23. The van der Waals surface area contributed by atoms with Crippen LogP contribution in [0, 0.1) is 0 Å². The lowest BCUT2D eigenvalue weighted by atomic mass is 10.0. The van der Waals surface area contributed by atoms with E-state index in [1.807, 2.05) is 24.3 Å². The predicted octanol–water partition coefficient (Wildman–Crippen LogP) is 3.81. The Labute approximate surface area is 182 Å². The molecule has 29 heavy (non-hydrogen) atoms. The van der Waals surface area contributed by atoms with Gasteiger partial charge in [0.05, 0.1) is 0 Å². The van der Waals surface area contributed by atoms with Crippen LogP contribution in [0.1, 0.15) is 31.2 Å². The largest absolute Gasteiger partial charge is 0.337 e. The summed E-state index contributed by atoms with van der Waals surface area (Å²) in [6, 6.07) is 7.30. The van der Waals surface area contributed by atoms with Gasteiger partial charge in [-0.15, -0.1) is 18.2 Å². The van der Waals surface area contributed by atoms with Crippen molar-refractivity contribution in [2.24, 2.45) is 0 Å². The number of halogens is 2. The van der Waals surface area contributed by atoms with Crippen molar-refractivity contribution in [3.05, 3.63) is 47.3 Å². The predicted molar refractivity (Wildman–Crippen MR) is 113 cm³/mol. The molecule has 0 spiro atoms. The minimum absolute atomic E-state index is 0.0538. The molecule has 1 aliphatic rings. The molecule has 2 heterocycles. The summed E-state index contributed by atoms with van der Waals surface area (Å²) in [6.07, 6.45) is 4.16. The molecule has 2 aromatic rings. The summed E-state index contributed by atoms with van der Waals surface area (Å²) in [5, 5.41) is 4.08. The highest BCUT2D eigenvalue weighted by molar-refractivity contribution is 9.10. The fraction of sp³-hybridized carbons (Fsp3) is 0.400. The van der Waals surface area contributed by atoms with Crippen LogP contribution in [0.5, 0.6) is 0 Å². The molecule has 1 fully saturated rings. The Bertz CT molecular complexity index is 871. The van der Waals surface area contributed by atoms with E-state index < -0.39 is 0 Å². The molecule has 2 amide bonds. The number of benzene rings is 1. The van der Waals surface area contributed by atoms with Crippen LogP contribution in [0.2, 0.25) is 0 Å². The normalized spacial score (nSPS) is 16.5. The van der Waals surface area contributed by atoms with Gasteiger partial charge in [0.1, 0.15) is 18.5 Å². The van der Waals surface area contributed by atoms with Crippen molar-refractivity contribution >= 4 is 39.3 Å². The van der Waals surface area contributed by atoms with Crippen LogP contribution in [0.25, 0.3) is 11.4 Å². The van der Waals surface area contributed by atoms with Crippen molar-refractivity contribution in [3.63, 3.8) is 0 Å². The Hall–Kier alpha value is -2.19. The number of hydrogen-bond donors (Lipinski definition) is 0. The van der Waals surface area contributed by atoms with Crippen molar-refractivity contribution < 1.29 is 14.1 Å². The van der Waals surface area contributed by atoms with Crippen LogP contribution in [-0.2, 0) is 9.59 Å². The molecule has 0 bridgehead atoms. The third-order valence-corrected chi connectivity index (χ3v) is 5.55. The average molecular weight is 482 g/mol. The van der Waals surface area contributed by atoms with Crippen molar-refractivity contribution in [1.82, 2.24) is 19.9 Å². The number of amides is 2. The Balaban J connectivity index is 1.77. The lowest BCUT2D eigenvalue weighted by molar-refractivity contribution is -0.142. The Morgan fingerprint density at radius 3 is 2.79 bits per heavy atom. The molecule has 1 atom stereocenters. The molecule has 1 saturated heterocycles. The van der Waals surface area contributed by atoms with Gasteiger partial charge in [-0.05, 0) is 43.5 Å². The standard InChI is InChI=1S/C20H22BrClN4O3/c1-2-10-25(17(27)12-22)13-18(28)26-11-4-3-5-16(26)20-23-19(24-29-20)14-6-8-15(21)9-7-14/h2,6-9,16H,1,3-5,10-13H2. The number of hydrogen-bond acceptors (Lipinski definition) is 5. The molecular weight excluding hydrogens is 460 g/mol. The Kier molecular flexibility index (Phi) is 7.44. The molecule has 0 N–H and O–H groups in total.